The summed E-state index contributed by atoms with van der Waals surface area (Å²) >= 11 is 1.52. The zero-order valence-electron chi connectivity index (χ0n) is 14.5. The summed E-state index contributed by atoms with van der Waals surface area (Å²) in [5, 5.41) is 1.04. The van der Waals surface area contributed by atoms with Gasteiger partial charge in [-0.15, -0.1) is 11.3 Å². The van der Waals surface area contributed by atoms with E-state index < -0.39 is 0 Å². The maximum atomic E-state index is 13.1. The number of aryl methyl sites for hydroxylation is 1. The summed E-state index contributed by atoms with van der Waals surface area (Å²) < 4.78 is 0.980. The summed E-state index contributed by atoms with van der Waals surface area (Å²) in [6, 6.07) is 6.05. The summed E-state index contributed by atoms with van der Waals surface area (Å²) in [7, 11) is 0. The molecule has 4 heteroatoms. The second kappa shape index (κ2) is 5.40. The van der Waals surface area contributed by atoms with Crippen LogP contribution >= 0.6 is 11.3 Å². The van der Waals surface area contributed by atoms with Crippen molar-refractivity contribution in [3.63, 3.8) is 0 Å². The molecular weight excluding hydrogens is 328 g/mol. The monoisotopic (exact) mass is 350 g/mol. The number of nitrogens with zero attached hydrogens (tertiary/aromatic N) is 2. The van der Waals surface area contributed by atoms with Crippen LogP contribution in [0.1, 0.15) is 47.3 Å². The van der Waals surface area contributed by atoms with Crippen LogP contribution in [0, 0.1) is 25.3 Å². The van der Waals surface area contributed by atoms with E-state index in [4.69, 9.17) is 6.57 Å². The van der Waals surface area contributed by atoms with Crippen LogP contribution < -0.4 is 0 Å². The molecule has 0 radical (unpaired) electrons. The maximum Gasteiger partial charge on any atom is 0.207 e. The topological polar surface area (TPSA) is 24.7 Å². The van der Waals surface area contributed by atoms with Gasteiger partial charge in [0, 0.05) is 16.7 Å². The molecule has 3 saturated heterocycles. The molecule has 4 aliphatic rings. The molecule has 4 fully saturated rings. The number of hydrogen-bond donors (Lipinski definition) is 0. The van der Waals surface area contributed by atoms with Crippen molar-refractivity contribution in [1.29, 1.82) is 0 Å². The van der Waals surface area contributed by atoms with E-state index in [1.54, 1.807) is 0 Å². The first kappa shape index (κ1) is 15.5. The molecule has 128 valence electrons. The minimum Gasteiger partial charge on any atom is -0.297 e. The van der Waals surface area contributed by atoms with E-state index in [2.05, 4.69) is 9.74 Å². The van der Waals surface area contributed by atoms with Crippen molar-refractivity contribution in [1.82, 2.24) is 4.90 Å². The Kier molecular flexibility index (Phi) is 3.36. The van der Waals surface area contributed by atoms with Gasteiger partial charge in [-0.3, -0.25) is 9.69 Å². The number of rotatable bonds is 3. The summed E-state index contributed by atoms with van der Waals surface area (Å²) in [4.78, 5) is 20.3. The Bertz CT molecular complexity index is 910. The van der Waals surface area contributed by atoms with Gasteiger partial charge < -0.3 is 0 Å². The molecule has 6 rings (SSSR count). The van der Waals surface area contributed by atoms with Crippen LogP contribution in [0.25, 0.3) is 14.9 Å². The predicted molar refractivity (Wildman–Crippen MR) is 102 cm³/mol. The highest BCUT2D eigenvalue weighted by Gasteiger charge is 2.60. The van der Waals surface area contributed by atoms with Gasteiger partial charge in [0.05, 0.1) is 11.4 Å². The molecule has 1 aromatic carbocycles. The number of benzene rings is 1. The molecule has 4 heterocycles. The molecule has 0 N–H and O–H groups in total. The SMILES string of the molecule is [C-]#[N+]c1c(C)ccc2cc(C(=O)C[C@@H]3C4CCN(CC4)C34CC4)sc12. The van der Waals surface area contributed by atoms with E-state index in [9.17, 15) is 4.79 Å². The zero-order chi connectivity index (χ0) is 17.2. The molecule has 2 aromatic rings. The van der Waals surface area contributed by atoms with E-state index in [1.807, 2.05) is 25.1 Å². The van der Waals surface area contributed by atoms with Gasteiger partial charge in [-0.25, -0.2) is 4.85 Å². The number of carbonyl (C=O) groups is 1. The number of ketones is 1. The van der Waals surface area contributed by atoms with Crippen LogP contribution in [-0.4, -0.2) is 29.3 Å². The fourth-order valence-electron chi connectivity index (χ4n) is 5.36. The number of Topliss-reactive ketones (excluding diaryl/α,β-unsaturated/α-hetero) is 1. The molecule has 3 aliphatic heterocycles. The molecule has 1 aromatic heterocycles. The molecule has 1 spiro atoms. The van der Waals surface area contributed by atoms with Crippen LogP contribution in [0.3, 0.4) is 0 Å². The highest BCUT2D eigenvalue weighted by Crippen LogP contribution is 2.58. The second-order valence-corrected chi connectivity index (χ2v) is 9.09. The largest absolute Gasteiger partial charge is 0.297 e. The van der Waals surface area contributed by atoms with Gasteiger partial charge in [0.1, 0.15) is 0 Å². The predicted octanol–water partition coefficient (Wildman–Crippen LogP) is 5.21. The Labute approximate surface area is 152 Å². The molecule has 1 saturated carbocycles. The van der Waals surface area contributed by atoms with Gasteiger partial charge >= 0.3 is 0 Å². The van der Waals surface area contributed by atoms with Crippen molar-refractivity contribution in [3.05, 3.63) is 40.1 Å². The molecule has 1 atom stereocenters. The van der Waals surface area contributed by atoms with E-state index in [-0.39, 0.29) is 0 Å². The maximum absolute atomic E-state index is 13.1. The van der Waals surface area contributed by atoms with Crippen molar-refractivity contribution >= 4 is 32.9 Å². The van der Waals surface area contributed by atoms with Crippen LogP contribution in [0.15, 0.2) is 18.2 Å². The Morgan fingerprint density at radius 2 is 2.12 bits per heavy atom. The third kappa shape index (κ3) is 2.22. The lowest BCUT2D eigenvalue weighted by Gasteiger charge is -2.52. The lowest BCUT2D eigenvalue weighted by Crippen LogP contribution is -2.57. The van der Waals surface area contributed by atoms with E-state index in [1.165, 1.54) is 50.1 Å². The molecule has 0 amide bonds. The molecule has 2 bridgehead atoms. The van der Waals surface area contributed by atoms with Crippen LogP contribution in [0.5, 0.6) is 0 Å². The van der Waals surface area contributed by atoms with Crippen molar-refractivity contribution in [2.75, 3.05) is 13.1 Å². The third-order valence-electron chi connectivity index (χ3n) is 6.85. The Morgan fingerprint density at radius 1 is 1.36 bits per heavy atom. The molecule has 0 unspecified atom stereocenters. The van der Waals surface area contributed by atoms with E-state index in [0.717, 1.165) is 26.4 Å². The van der Waals surface area contributed by atoms with Gasteiger partial charge in [0.25, 0.3) is 0 Å². The van der Waals surface area contributed by atoms with Crippen LogP contribution in [0.4, 0.5) is 5.69 Å². The smallest absolute Gasteiger partial charge is 0.207 e. The standard InChI is InChI=1S/C21H22N2OS/c1-13-3-4-15-11-18(25-20(15)19(13)22-2)17(24)12-16-14-5-9-23(10-6-14)21(16)7-8-21/h3-4,11,14,16H,5-10,12H2,1H3/t16-/m1/s1. The number of hydrogen-bond acceptors (Lipinski definition) is 3. The highest BCUT2D eigenvalue weighted by atomic mass is 32.1. The Morgan fingerprint density at radius 3 is 2.80 bits per heavy atom. The number of carbonyl (C=O) groups excluding carboxylic acids is 1. The molecule has 1 aliphatic carbocycles. The van der Waals surface area contributed by atoms with Crippen molar-refractivity contribution in [2.45, 2.75) is 44.6 Å². The van der Waals surface area contributed by atoms with Gasteiger partial charge in [0.2, 0.25) is 5.69 Å². The number of fused-ring (bicyclic) bond motifs is 3. The van der Waals surface area contributed by atoms with Crippen molar-refractivity contribution < 1.29 is 4.79 Å². The van der Waals surface area contributed by atoms with Gasteiger partial charge in [-0.2, -0.15) is 0 Å². The Hall–Kier alpha value is -1.70. The quantitative estimate of drug-likeness (QED) is 0.561. The van der Waals surface area contributed by atoms with Crippen LogP contribution in [0.2, 0.25) is 0 Å². The highest BCUT2D eigenvalue weighted by molar-refractivity contribution is 7.21. The van der Waals surface area contributed by atoms with Crippen molar-refractivity contribution in [3.8, 4) is 0 Å². The summed E-state index contributed by atoms with van der Waals surface area (Å²) in [6.45, 7) is 11.9. The first-order valence-corrected chi connectivity index (χ1v) is 10.1. The summed E-state index contributed by atoms with van der Waals surface area (Å²) in [6.07, 6.45) is 5.81. The minimum atomic E-state index is 0.291. The lowest BCUT2D eigenvalue weighted by molar-refractivity contribution is -0.0273. The third-order valence-corrected chi connectivity index (χ3v) is 8.04. The van der Waals surface area contributed by atoms with Gasteiger partial charge in [-0.05, 0) is 74.5 Å². The number of piperidine rings is 3. The summed E-state index contributed by atoms with van der Waals surface area (Å²) in [5.74, 6) is 1.58. The van der Waals surface area contributed by atoms with E-state index in [0.29, 0.717) is 29.3 Å². The zero-order valence-corrected chi connectivity index (χ0v) is 15.4. The van der Waals surface area contributed by atoms with Gasteiger partial charge in [0.15, 0.2) is 5.78 Å². The molecule has 25 heavy (non-hydrogen) atoms. The number of thiophene rings is 1. The molecule has 3 nitrogen and oxygen atoms in total. The average Bonchev–Trinajstić information content (AvgIpc) is 3.28. The second-order valence-electron chi connectivity index (χ2n) is 8.03. The Balaban J connectivity index is 1.45. The van der Waals surface area contributed by atoms with E-state index >= 15 is 0 Å². The first-order valence-electron chi connectivity index (χ1n) is 9.31. The van der Waals surface area contributed by atoms with Crippen LogP contribution in [-0.2, 0) is 0 Å². The first-order chi connectivity index (χ1) is 12.1. The van der Waals surface area contributed by atoms with Crippen molar-refractivity contribution in [2.24, 2.45) is 11.8 Å². The average molecular weight is 350 g/mol. The normalized spacial score (nSPS) is 29.0. The van der Waals surface area contributed by atoms with Gasteiger partial charge in [-0.1, -0.05) is 12.1 Å². The minimum absolute atomic E-state index is 0.291. The fourth-order valence-corrected chi connectivity index (χ4v) is 6.51. The fraction of sp³-hybridized carbons (Fsp3) is 0.524. The lowest BCUT2D eigenvalue weighted by atomic mass is 9.70. The molecular formula is C21H22N2OS. The summed E-state index contributed by atoms with van der Waals surface area (Å²) in [5.41, 5.74) is 2.08.